The van der Waals surface area contributed by atoms with Gasteiger partial charge in [0.25, 0.3) is 0 Å². The second kappa shape index (κ2) is 5.55. The molecule has 12 heavy (non-hydrogen) atoms. The minimum absolute atomic E-state index is 0.268. The number of likely N-dealkylation sites (N-methyl/N-ethyl adjacent to an activating group) is 1. The summed E-state index contributed by atoms with van der Waals surface area (Å²) in [6.45, 7) is 12.1. The lowest BCUT2D eigenvalue weighted by Crippen LogP contribution is -2.45. The maximum Gasteiger partial charge on any atom is 0.0589 e. The first kappa shape index (κ1) is 11.9. The van der Waals surface area contributed by atoms with Gasteiger partial charge in [-0.3, -0.25) is 4.90 Å². The van der Waals surface area contributed by atoms with Gasteiger partial charge in [-0.15, -0.1) is 0 Å². The number of hydrogen-bond acceptors (Lipinski definition) is 2. The van der Waals surface area contributed by atoms with Crippen LogP contribution in [-0.4, -0.2) is 35.2 Å². The zero-order valence-electron chi connectivity index (χ0n) is 9.04. The highest BCUT2D eigenvalue weighted by atomic mass is 16.3. The first-order valence-corrected chi connectivity index (χ1v) is 4.91. The van der Waals surface area contributed by atoms with Gasteiger partial charge in [0.05, 0.1) is 6.61 Å². The van der Waals surface area contributed by atoms with Crippen LogP contribution in [0.3, 0.4) is 0 Å². The topological polar surface area (TPSA) is 23.5 Å². The number of aliphatic hydroxyl groups excluding tert-OH is 1. The van der Waals surface area contributed by atoms with Crippen LogP contribution < -0.4 is 0 Å². The first-order valence-electron chi connectivity index (χ1n) is 4.91. The Hall–Kier alpha value is -0.0800. The Balaban J connectivity index is 4.23. The summed E-state index contributed by atoms with van der Waals surface area (Å²) in [5.41, 5.74) is 0. The molecule has 0 fully saturated rings. The molecule has 0 aliphatic rings. The van der Waals surface area contributed by atoms with Gasteiger partial charge in [-0.1, -0.05) is 20.8 Å². The van der Waals surface area contributed by atoms with E-state index in [4.69, 9.17) is 0 Å². The van der Waals surface area contributed by atoms with E-state index in [0.29, 0.717) is 18.0 Å². The fourth-order valence-corrected chi connectivity index (χ4v) is 1.68. The number of nitrogens with zero attached hydrogens (tertiary/aromatic N) is 1. The maximum atomic E-state index is 9.21. The van der Waals surface area contributed by atoms with Gasteiger partial charge < -0.3 is 5.11 Å². The monoisotopic (exact) mass is 173 g/mol. The summed E-state index contributed by atoms with van der Waals surface area (Å²) < 4.78 is 0. The second-order valence-electron chi connectivity index (χ2n) is 3.92. The lowest BCUT2D eigenvalue weighted by atomic mass is 10.0. The third kappa shape index (κ3) is 3.11. The van der Waals surface area contributed by atoms with Gasteiger partial charge in [-0.25, -0.2) is 0 Å². The molecule has 0 aliphatic heterocycles. The van der Waals surface area contributed by atoms with E-state index in [0.717, 1.165) is 6.54 Å². The van der Waals surface area contributed by atoms with Crippen molar-refractivity contribution in [2.45, 2.75) is 46.7 Å². The normalized spacial score (nSPS) is 14.8. The van der Waals surface area contributed by atoms with E-state index in [1.54, 1.807) is 0 Å². The Bertz CT molecular complexity index is 98.4. The van der Waals surface area contributed by atoms with Crippen molar-refractivity contribution >= 4 is 0 Å². The standard InChI is InChI=1S/C10H23NO/c1-6-11(9(4)5)10(7-12)8(2)3/h8-10,12H,6-7H2,1-5H3. The molecular weight excluding hydrogens is 150 g/mol. The molecule has 1 atom stereocenters. The smallest absolute Gasteiger partial charge is 0.0589 e. The van der Waals surface area contributed by atoms with Crippen molar-refractivity contribution in [3.05, 3.63) is 0 Å². The Labute approximate surface area is 76.6 Å². The van der Waals surface area contributed by atoms with Crippen molar-refractivity contribution in [1.82, 2.24) is 4.90 Å². The Morgan fingerprint density at radius 3 is 1.75 bits per heavy atom. The van der Waals surface area contributed by atoms with E-state index >= 15 is 0 Å². The largest absolute Gasteiger partial charge is 0.395 e. The lowest BCUT2D eigenvalue weighted by molar-refractivity contribution is 0.0713. The fourth-order valence-electron chi connectivity index (χ4n) is 1.68. The van der Waals surface area contributed by atoms with Crippen LogP contribution in [0.25, 0.3) is 0 Å². The highest BCUT2D eigenvalue weighted by Crippen LogP contribution is 2.12. The van der Waals surface area contributed by atoms with E-state index in [1.165, 1.54) is 0 Å². The molecule has 0 aliphatic carbocycles. The molecule has 0 aromatic carbocycles. The van der Waals surface area contributed by atoms with Crippen LogP contribution in [0.1, 0.15) is 34.6 Å². The van der Waals surface area contributed by atoms with E-state index < -0.39 is 0 Å². The summed E-state index contributed by atoms with van der Waals surface area (Å²) in [7, 11) is 0. The molecule has 2 nitrogen and oxygen atoms in total. The molecule has 2 heteroatoms. The molecule has 0 radical (unpaired) electrons. The first-order chi connectivity index (χ1) is 5.54. The van der Waals surface area contributed by atoms with Crippen LogP contribution in [0, 0.1) is 5.92 Å². The third-order valence-corrected chi connectivity index (χ3v) is 2.41. The van der Waals surface area contributed by atoms with Crippen LogP contribution in [-0.2, 0) is 0 Å². The summed E-state index contributed by atoms with van der Waals surface area (Å²) >= 11 is 0. The summed E-state index contributed by atoms with van der Waals surface area (Å²) in [6, 6.07) is 0.838. The molecule has 0 spiro atoms. The van der Waals surface area contributed by atoms with Crippen molar-refractivity contribution in [3.8, 4) is 0 Å². The van der Waals surface area contributed by atoms with Gasteiger partial charge >= 0.3 is 0 Å². The summed E-state index contributed by atoms with van der Waals surface area (Å²) in [5.74, 6) is 0.525. The van der Waals surface area contributed by atoms with Crippen LogP contribution >= 0.6 is 0 Å². The highest BCUT2D eigenvalue weighted by Gasteiger charge is 2.21. The Morgan fingerprint density at radius 2 is 1.67 bits per heavy atom. The van der Waals surface area contributed by atoms with Crippen LogP contribution in [0.2, 0.25) is 0 Å². The maximum absolute atomic E-state index is 9.21. The van der Waals surface area contributed by atoms with Crippen molar-refractivity contribution in [3.63, 3.8) is 0 Å². The Kier molecular flexibility index (Phi) is 5.51. The SMILES string of the molecule is CCN(C(C)C)C(CO)C(C)C. The quantitative estimate of drug-likeness (QED) is 0.684. The predicted octanol–water partition coefficient (Wildman–Crippen LogP) is 1.73. The van der Waals surface area contributed by atoms with Gasteiger partial charge in [0.2, 0.25) is 0 Å². The zero-order chi connectivity index (χ0) is 9.72. The van der Waals surface area contributed by atoms with Gasteiger partial charge in [0.1, 0.15) is 0 Å². The van der Waals surface area contributed by atoms with Crippen LogP contribution in [0.5, 0.6) is 0 Å². The van der Waals surface area contributed by atoms with E-state index in [-0.39, 0.29) is 6.61 Å². The molecule has 1 N–H and O–H groups in total. The average Bonchev–Trinajstić information content (AvgIpc) is 1.98. The van der Waals surface area contributed by atoms with E-state index in [1.807, 2.05) is 0 Å². The second-order valence-corrected chi connectivity index (χ2v) is 3.92. The molecule has 0 heterocycles. The summed E-state index contributed by atoms with van der Waals surface area (Å²) in [4.78, 5) is 2.34. The average molecular weight is 173 g/mol. The Morgan fingerprint density at radius 1 is 1.17 bits per heavy atom. The molecule has 1 unspecified atom stereocenters. The summed E-state index contributed by atoms with van der Waals surface area (Å²) in [6.07, 6.45) is 0. The molecule has 0 aromatic rings. The summed E-state index contributed by atoms with van der Waals surface area (Å²) in [5, 5.41) is 9.21. The zero-order valence-corrected chi connectivity index (χ0v) is 9.04. The number of rotatable bonds is 5. The molecule has 0 aromatic heterocycles. The number of aliphatic hydroxyl groups is 1. The van der Waals surface area contributed by atoms with Crippen molar-refractivity contribution in [2.24, 2.45) is 5.92 Å². The van der Waals surface area contributed by atoms with Gasteiger partial charge in [-0.05, 0) is 26.3 Å². The van der Waals surface area contributed by atoms with Crippen molar-refractivity contribution in [1.29, 1.82) is 0 Å². The van der Waals surface area contributed by atoms with Crippen LogP contribution in [0.4, 0.5) is 0 Å². The molecule has 0 rings (SSSR count). The van der Waals surface area contributed by atoms with Crippen LogP contribution in [0.15, 0.2) is 0 Å². The molecule has 0 amide bonds. The molecular formula is C10H23NO. The fraction of sp³-hybridized carbons (Fsp3) is 1.00. The minimum atomic E-state index is 0.268. The lowest BCUT2D eigenvalue weighted by Gasteiger charge is -2.35. The van der Waals surface area contributed by atoms with E-state index in [2.05, 4.69) is 39.5 Å². The van der Waals surface area contributed by atoms with Gasteiger partial charge in [0.15, 0.2) is 0 Å². The molecule has 74 valence electrons. The van der Waals surface area contributed by atoms with Crippen molar-refractivity contribution < 1.29 is 5.11 Å². The highest BCUT2D eigenvalue weighted by molar-refractivity contribution is 4.75. The predicted molar refractivity (Wildman–Crippen MR) is 53.2 cm³/mol. The van der Waals surface area contributed by atoms with Gasteiger partial charge in [-0.2, -0.15) is 0 Å². The molecule has 0 saturated carbocycles. The molecule has 0 bridgehead atoms. The van der Waals surface area contributed by atoms with E-state index in [9.17, 15) is 5.11 Å². The van der Waals surface area contributed by atoms with Crippen molar-refractivity contribution in [2.75, 3.05) is 13.2 Å². The number of hydrogen-bond donors (Lipinski definition) is 1. The minimum Gasteiger partial charge on any atom is -0.395 e. The molecule has 0 saturated heterocycles. The van der Waals surface area contributed by atoms with Gasteiger partial charge in [0, 0.05) is 12.1 Å². The third-order valence-electron chi connectivity index (χ3n) is 2.41.